The second kappa shape index (κ2) is 8.48. The van der Waals surface area contributed by atoms with Gasteiger partial charge >= 0.3 is 0 Å². The molecule has 0 aliphatic carbocycles. The average molecular weight is 376 g/mol. The summed E-state index contributed by atoms with van der Waals surface area (Å²) < 4.78 is 50.7. The van der Waals surface area contributed by atoms with Gasteiger partial charge in [-0.3, -0.25) is 4.79 Å². The molecule has 1 aromatic carbocycles. The van der Waals surface area contributed by atoms with Crippen molar-refractivity contribution in [3.63, 3.8) is 0 Å². The number of hydrogen-bond acceptors (Lipinski definition) is 6. The Morgan fingerprint density at radius 3 is 2.40 bits per heavy atom. The molecule has 1 rings (SSSR count). The molecule has 1 amide bonds. The zero-order valence-corrected chi connectivity index (χ0v) is 15.9. The zero-order valence-electron chi connectivity index (χ0n) is 15.1. The molecule has 9 heteroatoms. The number of benzene rings is 1. The molecule has 0 spiro atoms. The second-order valence-electron chi connectivity index (χ2n) is 6.70. The van der Waals surface area contributed by atoms with Gasteiger partial charge in [-0.15, -0.1) is 0 Å². The Morgan fingerprint density at radius 1 is 1.24 bits per heavy atom. The highest BCUT2D eigenvalue weighted by Crippen LogP contribution is 2.31. The summed E-state index contributed by atoms with van der Waals surface area (Å²) in [5.41, 5.74) is 0.242. The number of sulfonamides is 1. The fourth-order valence-corrected chi connectivity index (χ4v) is 2.90. The van der Waals surface area contributed by atoms with Gasteiger partial charge in [0.15, 0.2) is 0 Å². The molecule has 0 unspecified atom stereocenters. The number of methoxy groups -OCH3 is 1. The van der Waals surface area contributed by atoms with Gasteiger partial charge in [-0.05, 0) is 5.41 Å². The number of anilines is 1. The van der Waals surface area contributed by atoms with Crippen molar-refractivity contribution in [1.29, 1.82) is 0 Å². The summed E-state index contributed by atoms with van der Waals surface area (Å²) in [6.45, 7) is 7.98. The average Bonchev–Trinajstić information content (AvgIpc) is 2.44. The molecule has 2 N–H and O–H groups in total. The molecule has 142 valence electrons. The van der Waals surface area contributed by atoms with Crippen molar-refractivity contribution in [1.82, 2.24) is 4.72 Å². The van der Waals surface area contributed by atoms with Crippen LogP contribution in [0.4, 0.5) is 10.1 Å². The number of hydrogen-bond donors (Lipinski definition) is 2. The van der Waals surface area contributed by atoms with E-state index in [9.17, 15) is 17.6 Å². The summed E-state index contributed by atoms with van der Waals surface area (Å²) in [7, 11) is -2.82. The van der Waals surface area contributed by atoms with Gasteiger partial charge < -0.3 is 14.8 Å². The van der Waals surface area contributed by atoms with E-state index in [0.717, 1.165) is 19.1 Å². The maximum absolute atomic E-state index is 14.3. The summed E-state index contributed by atoms with van der Waals surface area (Å²) >= 11 is 0. The highest BCUT2D eigenvalue weighted by atomic mass is 32.2. The number of nitrogens with one attached hydrogen (secondary N) is 2. The molecular formula is C16H25FN2O5S. The Morgan fingerprint density at radius 2 is 1.88 bits per heavy atom. The minimum atomic E-state index is -4.32. The van der Waals surface area contributed by atoms with Crippen LogP contribution in [-0.4, -0.2) is 41.2 Å². The van der Waals surface area contributed by atoms with E-state index in [1.54, 1.807) is 4.72 Å². The third-order valence-electron chi connectivity index (χ3n) is 2.96. The summed E-state index contributed by atoms with van der Waals surface area (Å²) in [6.07, 6.45) is 0. The number of ether oxygens (including phenoxy) is 2. The first kappa shape index (κ1) is 21.2. The van der Waals surface area contributed by atoms with Crippen LogP contribution in [0.1, 0.15) is 27.7 Å². The number of rotatable bonds is 8. The molecule has 0 saturated heterocycles. The molecule has 0 aliphatic heterocycles. The molecule has 7 nitrogen and oxygen atoms in total. The third kappa shape index (κ3) is 6.87. The highest BCUT2D eigenvalue weighted by molar-refractivity contribution is 7.90. The summed E-state index contributed by atoms with van der Waals surface area (Å²) in [5.74, 6) is -1.63. The number of carbonyl (C=O) groups is 1. The maximum Gasteiger partial charge on any atom is 0.267 e. The lowest BCUT2D eigenvalue weighted by Gasteiger charge is -2.22. The number of halogens is 1. The third-order valence-corrected chi connectivity index (χ3v) is 4.40. The molecule has 0 bridgehead atoms. The first-order chi connectivity index (χ1) is 11.5. The van der Waals surface area contributed by atoms with Crippen LogP contribution in [0.15, 0.2) is 17.0 Å². The lowest BCUT2D eigenvalue weighted by molar-refractivity contribution is -0.117. The van der Waals surface area contributed by atoms with Crippen molar-refractivity contribution >= 4 is 21.6 Å². The largest absolute Gasteiger partial charge is 0.489 e. The van der Waals surface area contributed by atoms with Crippen molar-refractivity contribution in [3.8, 4) is 5.75 Å². The van der Waals surface area contributed by atoms with Gasteiger partial charge in [0.25, 0.3) is 10.0 Å². The Bertz CT molecular complexity index is 714. The van der Waals surface area contributed by atoms with Crippen molar-refractivity contribution < 1.29 is 27.1 Å². The van der Waals surface area contributed by atoms with E-state index in [1.165, 1.54) is 7.11 Å². The van der Waals surface area contributed by atoms with Crippen LogP contribution in [0.25, 0.3) is 0 Å². The van der Waals surface area contributed by atoms with Crippen LogP contribution in [0, 0.1) is 11.2 Å². The second-order valence-corrected chi connectivity index (χ2v) is 8.35. The molecule has 0 heterocycles. The van der Waals surface area contributed by atoms with E-state index in [4.69, 9.17) is 9.47 Å². The van der Waals surface area contributed by atoms with Crippen molar-refractivity contribution in [2.45, 2.75) is 32.6 Å². The van der Waals surface area contributed by atoms with E-state index in [0.29, 0.717) is 12.2 Å². The molecule has 0 aromatic heterocycles. The fraction of sp³-hybridized carbons (Fsp3) is 0.562. The Balaban J connectivity index is 3.25. The maximum atomic E-state index is 14.3. The summed E-state index contributed by atoms with van der Waals surface area (Å²) in [5, 5.41) is 3.05. The Labute approximate surface area is 147 Å². The topological polar surface area (TPSA) is 93.7 Å². The van der Waals surface area contributed by atoms with Crippen LogP contribution in [0.5, 0.6) is 5.75 Å². The fourth-order valence-electron chi connectivity index (χ4n) is 1.84. The van der Waals surface area contributed by atoms with Crippen LogP contribution in [0.3, 0.4) is 0 Å². The van der Waals surface area contributed by atoms with Gasteiger partial charge in [0.1, 0.15) is 23.1 Å². The van der Waals surface area contributed by atoms with Crippen LogP contribution >= 0.6 is 0 Å². The van der Waals surface area contributed by atoms with Gasteiger partial charge in [-0.1, -0.05) is 20.8 Å². The molecule has 1 aromatic rings. The van der Waals surface area contributed by atoms with E-state index in [1.807, 2.05) is 20.8 Å². The van der Waals surface area contributed by atoms with Gasteiger partial charge in [0.05, 0.1) is 12.3 Å². The smallest absolute Gasteiger partial charge is 0.267 e. The minimum absolute atomic E-state index is 0.0821. The van der Waals surface area contributed by atoms with Gasteiger partial charge in [0.2, 0.25) is 5.91 Å². The summed E-state index contributed by atoms with van der Waals surface area (Å²) in [4.78, 5) is 10.4. The molecule has 25 heavy (non-hydrogen) atoms. The number of amides is 1. The highest BCUT2D eigenvalue weighted by Gasteiger charge is 2.24. The predicted octanol–water partition coefficient (Wildman–Crippen LogP) is 2.13. The molecule has 0 saturated carbocycles. The Kier molecular flexibility index (Phi) is 7.18. The standard InChI is InChI=1S/C16H25FN2O5S/c1-11(20)19-25(21,22)15-9-14(24-7-6-23-5)13(8-12(15)17)18-10-16(2,3)4/h8-9,18H,6-7,10H2,1-5H3,(H,19,20). The van der Waals surface area contributed by atoms with Crippen LogP contribution in [-0.2, 0) is 19.6 Å². The van der Waals surface area contributed by atoms with Gasteiger partial charge in [0, 0.05) is 32.7 Å². The van der Waals surface area contributed by atoms with Gasteiger partial charge in [-0.2, -0.15) is 0 Å². The normalized spacial score (nSPS) is 11.9. The van der Waals surface area contributed by atoms with E-state index >= 15 is 0 Å². The summed E-state index contributed by atoms with van der Waals surface area (Å²) in [6, 6.07) is 2.10. The minimum Gasteiger partial charge on any atom is -0.489 e. The Hall–Kier alpha value is -1.87. The molecular weight excluding hydrogens is 351 g/mol. The predicted molar refractivity (Wildman–Crippen MR) is 92.7 cm³/mol. The van der Waals surface area contributed by atoms with Crippen molar-refractivity contribution in [3.05, 3.63) is 17.9 Å². The van der Waals surface area contributed by atoms with Crippen molar-refractivity contribution in [2.24, 2.45) is 5.41 Å². The van der Waals surface area contributed by atoms with Gasteiger partial charge in [-0.25, -0.2) is 17.5 Å². The van der Waals surface area contributed by atoms with Crippen LogP contribution in [0.2, 0.25) is 0 Å². The van der Waals surface area contributed by atoms with Crippen molar-refractivity contribution in [2.75, 3.05) is 32.2 Å². The van der Waals surface area contributed by atoms with E-state index in [-0.39, 0.29) is 24.4 Å². The van der Waals surface area contributed by atoms with Crippen LogP contribution < -0.4 is 14.8 Å². The molecule has 0 fully saturated rings. The quantitative estimate of drug-likeness (QED) is 0.675. The lowest BCUT2D eigenvalue weighted by atomic mass is 9.97. The lowest BCUT2D eigenvalue weighted by Crippen LogP contribution is -2.29. The number of carbonyl (C=O) groups excluding carboxylic acids is 1. The SMILES string of the molecule is COCCOc1cc(S(=O)(=O)NC(C)=O)c(F)cc1NCC(C)(C)C. The first-order valence-corrected chi connectivity index (χ1v) is 9.17. The first-order valence-electron chi connectivity index (χ1n) is 7.69. The molecule has 0 aliphatic rings. The van der Waals surface area contributed by atoms with E-state index < -0.39 is 26.6 Å². The molecule has 0 radical (unpaired) electrons. The molecule has 0 atom stereocenters. The monoisotopic (exact) mass is 376 g/mol. The van der Waals surface area contributed by atoms with E-state index in [2.05, 4.69) is 5.32 Å². The zero-order chi connectivity index (χ0) is 19.3.